The normalized spacial score (nSPS) is 11.9. The maximum absolute atomic E-state index is 10.8. The van der Waals surface area contributed by atoms with Crippen LogP contribution in [0.5, 0.6) is 5.75 Å². The van der Waals surface area contributed by atoms with Crippen molar-refractivity contribution in [1.29, 1.82) is 0 Å². The molecule has 2 rings (SSSR count). The molecule has 0 spiro atoms. The highest BCUT2D eigenvalue weighted by atomic mass is 16.6. The van der Waals surface area contributed by atoms with E-state index in [9.17, 15) is 10.1 Å². The van der Waals surface area contributed by atoms with Gasteiger partial charge in [-0.2, -0.15) is 5.10 Å². The highest BCUT2D eigenvalue weighted by Gasteiger charge is 2.15. The Morgan fingerprint density at radius 2 is 2.20 bits per heavy atom. The van der Waals surface area contributed by atoms with Crippen LogP contribution >= 0.6 is 0 Å². The molecule has 0 aliphatic rings. The van der Waals surface area contributed by atoms with Crippen LogP contribution in [0.4, 0.5) is 11.4 Å². The lowest BCUT2D eigenvalue weighted by atomic mass is 10.2. The average molecular weight is 276 g/mol. The van der Waals surface area contributed by atoms with Gasteiger partial charge in [-0.15, -0.1) is 0 Å². The third kappa shape index (κ3) is 2.71. The Balaban J connectivity index is 2.29. The molecule has 0 saturated heterocycles. The largest absolute Gasteiger partial charge is 0.495 e. The van der Waals surface area contributed by atoms with Crippen LogP contribution in [0, 0.1) is 10.1 Å². The first kappa shape index (κ1) is 13.9. The van der Waals surface area contributed by atoms with Gasteiger partial charge in [0.1, 0.15) is 5.75 Å². The minimum atomic E-state index is -0.431. The zero-order chi connectivity index (χ0) is 14.7. The quantitative estimate of drug-likeness (QED) is 0.670. The molecule has 7 heteroatoms. The molecule has 106 valence electrons. The third-order valence-electron chi connectivity index (χ3n) is 3.07. The number of aromatic nitrogens is 2. The summed E-state index contributed by atoms with van der Waals surface area (Å²) in [7, 11) is 3.37. The van der Waals surface area contributed by atoms with Gasteiger partial charge in [-0.25, -0.2) is 0 Å². The summed E-state index contributed by atoms with van der Waals surface area (Å²) in [6.07, 6.45) is 1.71. The van der Waals surface area contributed by atoms with Crippen LogP contribution in [0.2, 0.25) is 0 Å². The van der Waals surface area contributed by atoms with Gasteiger partial charge in [0, 0.05) is 25.4 Å². The van der Waals surface area contributed by atoms with E-state index in [-0.39, 0.29) is 11.7 Å². The van der Waals surface area contributed by atoms with Crippen molar-refractivity contribution in [3.63, 3.8) is 0 Å². The van der Waals surface area contributed by atoms with Gasteiger partial charge < -0.3 is 10.1 Å². The summed E-state index contributed by atoms with van der Waals surface area (Å²) >= 11 is 0. The molecule has 0 aliphatic carbocycles. The Hall–Kier alpha value is -2.57. The van der Waals surface area contributed by atoms with Crippen molar-refractivity contribution >= 4 is 11.4 Å². The lowest BCUT2D eigenvalue weighted by Crippen LogP contribution is -2.12. The smallest absolute Gasteiger partial charge is 0.271 e. The molecule has 0 saturated carbocycles. The molecule has 0 radical (unpaired) electrons. The van der Waals surface area contributed by atoms with E-state index in [2.05, 4.69) is 10.4 Å². The van der Waals surface area contributed by atoms with E-state index < -0.39 is 4.92 Å². The Morgan fingerprint density at radius 1 is 1.45 bits per heavy atom. The van der Waals surface area contributed by atoms with Crippen LogP contribution in [0.15, 0.2) is 30.5 Å². The second kappa shape index (κ2) is 5.60. The fourth-order valence-electron chi connectivity index (χ4n) is 2.04. The van der Waals surface area contributed by atoms with E-state index in [0.29, 0.717) is 11.4 Å². The SMILES string of the molecule is COc1ccc([N+](=O)[O-])cc1NC(C)c1ccnn1C. The molecule has 0 fully saturated rings. The summed E-state index contributed by atoms with van der Waals surface area (Å²) in [5, 5.41) is 18.2. The maximum Gasteiger partial charge on any atom is 0.271 e. The number of nitro benzene ring substituents is 1. The lowest BCUT2D eigenvalue weighted by Gasteiger charge is -2.17. The molecule has 0 bridgehead atoms. The molecule has 1 heterocycles. The summed E-state index contributed by atoms with van der Waals surface area (Å²) in [5.74, 6) is 0.560. The van der Waals surface area contributed by atoms with Crippen LogP contribution in [0.25, 0.3) is 0 Å². The van der Waals surface area contributed by atoms with Crippen molar-refractivity contribution in [3.05, 3.63) is 46.3 Å². The molecular weight excluding hydrogens is 260 g/mol. The number of ether oxygens (including phenoxy) is 1. The molecular formula is C13H16N4O3. The van der Waals surface area contributed by atoms with E-state index >= 15 is 0 Å². The molecule has 0 aliphatic heterocycles. The molecule has 2 aromatic rings. The topological polar surface area (TPSA) is 82.2 Å². The number of hydrogen-bond donors (Lipinski definition) is 1. The highest BCUT2D eigenvalue weighted by Crippen LogP contribution is 2.31. The highest BCUT2D eigenvalue weighted by molar-refractivity contribution is 5.62. The van der Waals surface area contributed by atoms with Gasteiger partial charge in [0.25, 0.3) is 5.69 Å². The van der Waals surface area contributed by atoms with Crippen LogP contribution in [0.3, 0.4) is 0 Å². The Labute approximate surface area is 116 Å². The predicted molar refractivity (Wildman–Crippen MR) is 74.9 cm³/mol. The Morgan fingerprint density at radius 3 is 2.75 bits per heavy atom. The first-order valence-electron chi connectivity index (χ1n) is 6.09. The molecule has 1 aromatic heterocycles. The van der Waals surface area contributed by atoms with Crippen LogP contribution in [-0.2, 0) is 7.05 Å². The van der Waals surface area contributed by atoms with Gasteiger partial charge in [0.15, 0.2) is 0 Å². The number of methoxy groups -OCH3 is 1. The molecule has 1 atom stereocenters. The number of rotatable bonds is 5. The monoisotopic (exact) mass is 276 g/mol. The molecule has 7 nitrogen and oxygen atoms in total. The Kier molecular flexibility index (Phi) is 3.88. The van der Waals surface area contributed by atoms with Crippen LogP contribution < -0.4 is 10.1 Å². The summed E-state index contributed by atoms with van der Waals surface area (Å²) in [5.41, 5.74) is 1.57. The molecule has 1 unspecified atom stereocenters. The Bertz CT molecular complexity index is 624. The van der Waals surface area contributed by atoms with Gasteiger partial charge >= 0.3 is 0 Å². The first-order chi connectivity index (χ1) is 9.52. The second-order valence-corrected chi connectivity index (χ2v) is 4.39. The van der Waals surface area contributed by atoms with Gasteiger partial charge in [-0.1, -0.05) is 0 Å². The number of aryl methyl sites for hydroxylation is 1. The summed E-state index contributed by atoms with van der Waals surface area (Å²) in [6, 6.07) is 6.29. The average Bonchev–Trinajstić information content (AvgIpc) is 2.84. The van der Waals surface area contributed by atoms with Gasteiger partial charge in [-0.05, 0) is 19.1 Å². The van der Waals surface area contributed by atoms with E-state index in [4.69, 9.17) is 4.74 Å². The number of non-ortho nitro benzene ring substituents is 1. The van der Waals surface area contributed by atoms with E-state index in [0.717, 1.165) is 5.69 Å². The molecule has 1 N–H and O–H groups in total. The van der Waals surface area contributed by atoms with Gasteiger partial charge in [0.05, 0.1) is 29.5 Å². The van der Waals surface area contributed by atoms with Gasteiger partial charge in [-0.3, -0.25) is 14.8 Å². The zero-order valence-corrected chi connectivity index (χ0v) is 11.5. The lowest BCUT2D eigenvalue weighted by molar-refractivity contribution is -0.384. The molecule has 20 heavy (non-hydrogen) atoms. The van der Waals surface area contributed by atoms with Crippen molar-refractivity contribution in [3.8, 4) is 5.75 Å². The van der Waals surface area contributed by atoms with Crippen molar-refractivity contribution in [2.24, 2.45) is 7.05 Å². The number of hydrogen-bond acceptors (Lipinski definition) is 5. The number of nitrogens with one attached hydrogen (secondary N) is 1. The van der Waals surface area contributed by atoms with Crippen molar-refractivity contribution in [2.45, 2.75) is 13.0 Å². The number of nitrogens with zero attached hydrogens (tertiary/aromatic N) is 3. The van der Waals surface area contributed by atoms with Crippen molar-refractivity contribution < 1.29 is 9.66 Å². The fourth-order valence-corrected chi connectivity index (χ4v) is 2.04. The number of anilines is 1. The minimum absolute atomic E-state index is 0.0190. The van der Waals surface area contributed by atoms with Crippen molar-refractivity contribution in [2.75, 3.05) is 12.4 Å². The van der Waals surface area contributed by atoms with Crippen LogP contribution in [-0.4, -0.2) is 21.8 Å². The maximum atomic E-state index is 10.8. The minimum Gasteiger partial charge on any atom is -0.495 e. The van der Waals surface area contributed by atoms with Gasteiger partial charge in [0.2, 0.25) is 0 Å². The van der Waals surface area contributed by atoms with Crippen molar-refractivity contribution in [1.82, 2.24) is 9.78 Å². The first-order valence-corrected chi connectivity index (χ1v) is 6.09. The molecule has 0 amide bonds. The van der Waals surface area contributed by atoms with E-state index in [1.807, 2.05) is 20.0 Å². The summed E-state index contributed by atoms with van der Waals surface area (Å²) in [6.45, 7) is 1.95. The van der Waals surface area contributed by atoms with E-state index in [1.54, 1.807) is 16.9 Å². The fraction of sp³-hybridized carbons (Fsp3) is 0.308. The standard InChI is InChI=1S/C13H16N4O3/c1-9(12-6-7-14-16(12)2)15-11-8-10(17(18)19)4-5-13(11)20-3/h4-9,15H,1-3H3. The number of nitro groups is 1. The zero-order valence-electron chi connectivity index (χ0n) is 11.5. The third-order valence-corrected chi connectivity index (χ3v) is 3.07. The predicted octanol–water partition coefficient (Wildman–Crippen LogP) is 2.51. The summed E-state index contributed by atoms with van der Waals surface area (Å²) in [4.78, 5) is 10.4. The summed E-state index contributed by atoms with van der Waals surface area (Å²) < 4.78 is 6.97. The molecule has 1 aromatic carbocycles. The van der Waals surface area contributed by atoms with Crippen LogP contribution in [0.1, 0.15) is 18.7 Å². The van der Waals surface area contributed by atoms with E-state index in [1.165, 1.54) is 19.2 Å². The number of benzene rings is 1. The second-order valence-electron chi connectivity index (χ2n) is 4.39.